The van der Waals surface area contributed by atoms with E-state index in [0.29, 0.717) is 0 Å². The minimum Gasteiger partial charge on any atom is -0.314 e. The Morgan fingerprint density at radius 2 is 1.78 bits per heavy atom. The molecule has 0 amide bonds. The number of rotatable bonds is 4. The second-order valence-corrected chi connectivity index (χ2v) is 6.93. The molecule has 4 atom stereocenters. The minimum atomic E-state index is 0.815. The van der Waals surface area contributed by atoms with E-state index in [1.807, 2.05) is 0 Å². The van der Waals surface area contributed by atoms with Crippen LogP contribution in [0.1, 0.15) is 65.2 Å². The molecule has 3 fully saturated rings. The molecular formula is C16H30N2. The molecule has 104 valence electrons. The van der Waals surface area contributed by atoms with Crippen molar-refractivity contribution in [2.45, 2.75) is 89.4 Å². The summed E-state index contributed by atoms with van der Waals surface area (Å²) in [6.07, 6.45) is 11.5. The molecule has 2 bridgehead atoms. The third-order valence-corrected chi connectivity index (χ3v) is 5.67. The van der Waals surface area contributed by atoms with Crippen LogP contribution >= 0.6 is 0 Å². The molecule has 0 radical (unpaired) electrons. The van der Waals surface area contributed by atoms with E-state index in [9.17, 15) is 0 Å². The van der Waals surface area contributed by atoms with E-state index in [1.165, 1.54) is 57.9 Å². The molecule has 18 heavy (non-hydrogen) atoms. The smallest absolute Gasteiger partial charge is 0.0127 e. The lowest BCUT2D eigenvalue weighted by Crippen LogP contribution is -2.53. The van der Waals surface area contributed by atoms with Crippen molar-refractivity contribution in [2.24, 2.45) is 5.92 Å². The number of nitrogens with one attached hydrogen (secondary N) is 1. The van der Waals surface area contributed by atoms with Gasteiger partial charge in [-0.1, -0.05) is 20.3 Å². The molecule has 0 aromatic carbocycles. The highest BCUT2D eigenvalue weighted by Gasteiger charge is 2.45. The first-order chi connectivity index (χ1) is 8.79. The van der Waals surface area contributed by atoms with Crippen molar-refractivity contribution in [3.05, 3.63) is 0 Å². The maximum Gasteiger partial charge on any atom is 0.0127 e. The SMILES string of the molecule is CCCNC1CC2CCC(C1)N2C1CCCC1C. The number of hydrogen-bond donors (Lipinski definition) is 1. The van der Waals surface area contributed by atoms with Gasteiger partial charge in [-0.2, -0.15) is 0 Å². The van der Waals surface area contributed by atoms with Crippen LogP contribution in [0.2, 0.25) is 0 Å². The van der Waals surface area contributed by atoms with Gasteiger partial charge in [0.25, 0.3) is 0 Å². The van der Waals surface area contributed by atoms with Gasteiger partial charge in [-0.25, -0.2) is 0 Å². The van der Waals surface area contributed by atoms with Crippen LogP contribution in [-0.4, -0.2) is 35.6 Å². The number of piperidine rings is 1. The Morgan fingerprint density at radius 1 is 1.06 bits per heavy atom. The largest absolute Gasteiger partial charge is 0.314 e. The molecule has 3 aliphatic rings. The first kappa shape index (κ1) is 12.9. The second-order valence-electron chi connectivity index (χ2n) is 6.93. The van der Waals surface area contributed by atoms with Crippen molar-refractivity contribution < 1.29 is 0 Å². The lowest BCUT2D eigenvalue weighted by atomic mass is 9.92. The van der Waals surface area contributed by atoms with Gasteiger partial charge in [0.1, 0.15) is 0 Å². The summed E-state index contributed by atoms with van der Waals surface area (Å²) in [6.45, 7) is 5.97. The summed E-state index contributed by atoms with van der Waals surface area (Å²) in [7, 11) is 0. The van der Waals surface area contributed by atoms with Crippen LogP contribution in [0.4, 0.5) is 0 Å². The van der Waals surface area contributed by atoms with Gasteiger partial charge in [-0.05, 0) is 57.4 Å². The molecule has 2 saturated heterocycles. The summed E-state index contributed by atoms with van der Waals surface area (Å²) in [4.78, 5) is 2.96. The zero-order chi connectivity index (χ0) is 12.5. The van der Waals surface area contributed by atoms with E-state index >= 15 is 0 Å². The molecule has 0 aromatic heterocycles. The maximum atomic E-state index is 3.77. The summed E-state index contributed by atoms with van der Waals surface area (Å²) in [5.74, 6) is 0.952. The van der Waals surface area contributed by atoms with Crippen molar-refractivity contribution in [1.82, 2.24) is 10.2 Å². The van der Waals surface area contributed by atoms with Crippen molar-refractivity contribution in [3.8, 4) is 0 Å². The summed E-state index contributed by atoms with van der Waals surface area (Å²) < 4.78 is 0. The van der Waals surface area contributed by atoms with Gasteiger partial charge in [-0.15, -0.1) is 0 Å². The van der Waals surface area contributed by atoms with Gasteiger partial charge in [0.15, 0.2) is 0 Å². The summed E-state index contributed by atoms with van der Waals surface area (Å²) in [6, 6.07) is 3.55. The van der Waals surface area contributed by atoms with Crippen LogP contribution in [0, 0.1) is 5.92 Å². The van der Waals surface area contributed by atoms with E-state index < -0.39 is 0 Å². The van der Waals surface area contributed by atoms with Gasteiger partial charge in [0.2, 0.25) is 0 Å². The number of nitrogens with zero attached hydrogens (tertiary/aromatic N) is 1. The van der Waals surface area contributed by atoms with Gasteiger partial charge < -0.3 is 5.32 Å². The molecule has 1 saturated carbocycles. The van der Waals surface area contributed by atoms with Gasteiger partial charge >= 0.3 is 0 Å². The Labute approximate surface area is 113 Å². The first-order valence-corrected chi connectivity index (χ1v) is 8.30. The standard InChI is InChI=1S/C16H30N2/c1-3-9-17-13-10-14-7-8-15(11-13)18(14)16-6-4-5-12(16)2/h12-17H,3-11H2,1-2H3. The van der Waals surface area contributed by atoms with Gasteiger partial charge in [0, 0.05) is 24.2 Å². The molecule has 2 aliphatic heterocycles. The third-order valence-electron chi connectivity index (χ3n) is 5.67. The second kappa shape index (κ2) is 5.50. The number of hydrogen-bond acceptors (Lipinski definition) is 2. The molecular weight excluding hydrogens is 220 g/mol. The van der Waals surface area contributed by atoms with E-state index in [4.69, 9.17) is 0 Å². The van der Waals surface area contributed by atoms with Crippen molar-refractivity contribution >= 4 is 0 Å². The lowest BCUT2D eigenvalue weighted by Gasteiger charge is -2.44. The molecule has 3 rings (SSSR count). The first-order valence-electron chi connectivity index (χ1n) is 8.30. The van der Waals surface area contributed by atoms with Crippen molar-refractivity contribution in [1.29, 1.82) is 0 Å². The Balaban J connectivity index is 1.62. The zero-order valence-electron chi connectivity index (χ0n) is 12.2. The topological polar surface area (TPSA) is 15.3 Å². The highest BCUT2D eigenvalue weighted by Crippen LogP contribution is 2.42. The van der Waals surface area contributed by atoms with Crippen molar-refractivity contribution in [2.75, 3.05) is 6.54 Å². The normalized spacial score (nSPS) is 44.7. The quantitative estimate of drug-likeness (QED) is 0.824. The summed E-state index contributed by atoms with van der Waals surface area (Å²) >= 11 is 0. The lowest BCUT2D eigenvalue weighted by molar-refractivity contribution is 0.0550. The van der Waals surface area contributed by atoms with Crippen LogP contribution in [-0.2, 0) is 0 Å². The summed E-state index contributed by atoms with van der Waals surface area (Å²) in [5.41, 5.74) is 0. The van der Waals surface area contributed by atoms with Crippen LogP contribution in [0.25, 0.3) is 0 Å². The molecule has 2 heteroatoms. The Bertz CT molecular complexity index is 264. The van der Waals surface area contributed by atoms with Crippen LogP contribution in [0.5, 0.6) is 0 Å². The molecule has 1 N–H and O–H groups in total. The Morgan fingerprint density at radius 3 is 2.33 bits per heavy atom. The maximum absolute atomic E-state index is 3.77. The van der Waals surface area contributed by atoms with Crippen LogP contribution in [0.3, 0.4) is 0 Å². The Hall–Kier alpha value is -0.0800. The van der Waals surface area contributed by atoms with E-state index in [-0.39, 0.29) is 0 Å². The zero-order valence-corrected chi connectivity index (χ0v) is 12.2. The third kappa shape index (κ3) is 2.34. The minimum absolute atomic E-state index is 0.815. The van der Waals surface area contributed by atoms with Crippen LogP contribution in [0.15, 0.2) is 0 Å². The average molecular weight is 250 g/mol. The van der Waals surface area contributed by atoms with Gasteiger partial charge in [-0.3, -0.25) is 4.90 Å². The summed E-state index contributed by atoms with van der Waals surface area (Å²) in [5, 5.41) is 3.77. The highest BCUT2D eigenvalue weighted by molar-refractivity contribution is 5.01. The predicted molar refractivity (Wildman–Crippen MR) is 76.8 cm³/mol. The predicted octanol–water partition coefficient (Wildman–Crippen LogP) is 3.17. The molecule has 0 aromatic rings. The molecule has 1 aliphatic carbocycles. The Kier molecular flexibility index (Phi) is 3.95. The fraction of sp³-hybridized carbons (Fsp3) is 1.00. The van der Waals surface area contributed by atoms with Crippen molar-refractivity contribution in [3.63, 3.8) is 0 Å². The fourth-order valence-electron chi connectivity index (χ4n) is 4.84. The molecule has 4 unspecified atom stereocenters. The van der Waals surface area contributed by atoms with E-state index in [1.54, 1.807) is 0 Å². The number of fused-ring (bicyclic) bond motifs is 2. The average Bonchev–Trinajstić information content (AvgIpc) is 2.88. The van der Waals surface area contributed by atoms with Gasteiger partial charge in [0.05, 0.1) is 0 Å². The monoisotopic (exact) mass is 250 g/mol. The molecule has 2 heterocycles. The van der Waals surface area contributed by atoms with E-state index in [0.717, 1.165) is 30.1 Å². The van der Waals surface area contributed by atoms with E-state index in [2.05, 4.69) is 24.1 Å². The molecule has 0 spiro atoms. The molecule has 2 nitrogen and oxygen atoms in total. The van der Waals surface area contributed by atoms with Crippen LogP contribution < -0.4 is 5.32 Å². The fourth-order valence-corrected chi connectivity index (χ4v) is 4.84. The highest BCUT2D eigenvalue weighted by atomic mass is 15.3.